The summed E-state index contributed by atoms with van der Waals surface area (Å²) in [6.45, 7) is 11.6. The zero-order chi connectivity index (χ0) is 18.7. The van der Waals surface area contributed by atoms with Gasteiger partial charge >= 0.3 is 6.03 Å². The molecule has 1 aromatic rings. The molecule has 3 rings (SSSR count). The largest absolute Gasteiger partial charge is 0.353 e. The van der Waals surface area contributed by atoms with Crippen molar-refractivity contribution in [3.63, 3.8) is 0 Å². The summed E-state index contributed by atoms with van der Waals surface area (Å²) in [6.07, 6.45) is 4.87. The molecule has 2 unspecified atom stereocenters. The Hall–Kier alpha value is -1.85. The first-order valence-corrected chi connectivity index (χ1v) is 10.1. The highest BCUT2D eigenvalue weighted by molar-refractivity contribution is 5.75. The predicted molar refractivity (Wildman–Crippen MR) is 105 cm³/mol. The van der Waals surface area contributed by atoms with E-state index >= 15 is 0 Å². The maximum absolute atomic E-state index is 12.6. The molecule has 1 aliphatic carbocycles. The second-order valence-electron chi connectivity index (χ2n) is 8.17. The summed E-state index contributed by atoms with van der Waals surface area (Å²) in [7, 11) is 0. The van der Waals surface area contributed by atoms with Gasteiger partial charge in [-0.2, -0.15) is 0 Å². The molecule has 1 aromatic heterocycles. The second kappa shape index (κ2) is 8.23. The number of anilines is 1. The quantitative estimate of drug-likeness (QED) is 0.899. The summed E-state index contributed by atoms with van der Waals surface area (Å²) >= 11 is 0. The molecule has 2 heterocycles. The van der Waals surface area contributed by atoms with Crippen molar-refractivity contribution in [2.75, 3.05) is 31.1 Å². The molecule has 26 heavy (non-hydrogen) atoms. The first-order valence-electron chi connectivity index (χ1n) is 10.1. The molecule has 1 saturated heterocycles. The minimum atomic E-state index is 0.102. The summed E-state index contributed by atoms with van der Waals surface area (Å²) < 4.78 is 0. The van der Waals surface area contributed by atoms with Gasteiger partial charge in [-0.05, 0) is 25.7 Å². The van der Waals surface area contributed by atoms with Crippen molar-refractivity contribution in [3.8, 4) is 0 Å². The van der Waals surface area contributed by atoms with Gasteiger partial charge in [-0.3, -0.25) is 0 Å². The number of carbonyl (C=O) groups is 1. The summed E-state index contributed by atoms with van der Waals surface area (Å²) in [5.41, 5.74) is 1.00. The van der Waals surface area contributed by atoms with Crippen LogP contribution >= 0.6 is 0 Å². The van der Waals surface area contributed by atoms with Crippen LogP contribution in [0, 0.1) is 12.8 Å². The van der Waals surface area contributed by atoms with E-state index in [2.05, 4.69) is 36.0 Å². The number of aryl methyl sites for hydroxylation is 1. The van der Waals surface area contributed by atoms with Crippen molar-refractivity contribution in [1.29, 1.82) is 0 Å². The zero-order valence-electron chi connectivity index (χ0n) is 16.7. The smallest absolute Gasteiger partial charge is 0.317 e. The van der Waals surface area contributed by atoms with Gasteiger partial charge in [0.15, 0.2) is 0 Å². The lowest BCUT2D eigenvalue weighted by Gasteiger charge is -2.37. The third-order valence-corrected chi connectivity index (χ3v) is 5.69. The van der Waals surface area contributed by atoms with Crippen LogP contribution in [0.2, 0.25) is 0 Å². The number of carbonyl (C=O) groups excluding carboxylic acids is 1. The van der Waals surface area contributed by atoms with Crippen LogP contribution in [0.1, 0.15) is 63.9 Å². The number of hydrogen-bond donors (Lipinski definition) is 1. The van der Waals surface area contributed by atoms with Gasteiger partial charge in [0.25, 0.3) is 0 Å². The first kappa shape index (κ1) is 18.9. The Labute approximate surface area is 157 Å². The molecular formula is C20H33N5O. The Balaban J connectivity index is 1.56. The molecule has 0 bridgehead atoms. The monoisotopic (exact) mass is 359 g/mol. The lowest BCUT2D eigenvalue weighted by molar-refractivity contribution is 0.179. The topological polar surface area (TPSA) is 61.4 Å². The highest BCUT2D eigenvalue weighted by Crippen LogP contribution is 2.24. The normalized spacial score (nSPS) is 24.0. The van der Waals surface area contributed by atoms with Gasteiger partial charge in [-0.1, -0.05) is 33.6 Å². The molecule has 144 valence electrons. The van der Waals surface area contributed by atoms with E-state index in [1.165, 1.54) is 19.3 Å². The summed E-state index contributed by atoms with van der Waals surface area (Å²) in [5.74, 6) is 2.79. The summed E-state index contributed by atoms with van der Waals surface area (Å²) in [5, 5.41) is 3.27. The van der Waals surface area contributed by atoms with Crippen molar-refractivity contribution in [1.82, 2.24) is 20.2 Å². The number of nitrogens with zero attached hydrogens (tertiary/aromatic N) is 4. The summed E-state index contributed by atoms with van der Waals surface area (Å²) in [4.78, 5) is 26.1. The minimum Gasteiger partial charge on any atom is -0.353 e. The van der Waals surface area contributed by atoms with Gasteiger partial charge < -0.3 is 15.1 Å². The van der Waals surface area contributed by atoms with E-state index in [4.69, 9.17) is 4.98 Å². The average molecular weight is 360 g/mol. The number of nitrogens with one attached hydrogen (secondary N) is 1. The van der Waals surface area contributed by atoms with Crippen LogP contribution < -0.4 is 10.2 Å². The highest BCUT2D eigenvalue weighted by Gasteiger charge is 2.27. The van der Waals surface area contributed by atoms with E-state index in [-0.39, 0.29) is 6.03 Å². The molecule has 1 N–H and O–H groups in total. The van der Waals surface area contributed by atoms with Crippen molar-refractivity contribution in [2.45, 2.75) is 65.3 Å². The Morgan fingerprint density at radius 1 is 1.15 bits per heavy atom. The van der Waals surface area contributed by atoms with Crippen LogP contribution in [0.15, 0.2) is 6.07 Å². The molecule has 1 aliphatic heterocycles. The van der Waals surface area contributed by atoms with Crippen molar-refractivity contribution < 1.29 is 4.79 Å². The molecule has 6 heteroatoms. The van der Waals surface area contributed by atoms with Crippen LogP contribution in [0.5, 0.6) is 0 Å². The molecule has 0 radical (unpaired) electrons. The Kier molecular flexibility index (Phi) is 5.99. The van der Waals surface area contributed by atoms with Crippen LogP contribution in [0.25, 0.3) is 0 Å². The van der Waals surface area contributed by atoms with Gasteiger partial charge in [0.1, 0.15) is 11.6 Å². The summed E-state index contributed by atoms with van der Waals surface area (Å²) in [6, 6.07) is 2.49. The maximum Gasteiger partial charge on any atom is 0.317 e. The van der Waals surface area contributed by atoms with E-state index < -0.39 is 0 Å². The third kappa shape index (κ3) is 4.46. The average Bonchev–Trinajstić information content (AvgIpc) is 2.63. The van der Waals surface area contributed by atoms with Crippen molar-refractivity contribution in [2.24, 2.45) is 5.92 Å². The number of amides is 2. The Morgan fingerprint density at radius 3 is 2.50 bits per heavy atom. The van der Waals surface area contributed by atoms with Crippen LogP contribution in [-0.4, -0.2) is 53.1 Å². The van der Waals surface area contributed by atoms with Crippen LogP contribution in [0.4, 0.5) is 10.6 Å². The third-order valence-electron chi connectivity index (χ3n) is 5.69. The number of piperazine rings is 1. The second-order valence-corrected chi connectivity index (χ2v) is 8.17. The highest BCUT2D eigenvalue weighted by atomic mass is 16.2. The van der Waals surface area contributed by atoms with E-state index in [1.54, 1.807) is 0 Å². The van der Waals surface area contributed by atoms with E-state index in [9.17, 15) is 4.79 Å². The molecule has 2 fully saturated rings. The van der Waals surface area contributed by atoms with Crippen LogP contribution in [-0.2, 0) is 0 Å². The molecule has 2 atom stereocenters. The van der Waals surface area contributed by atoms with Gasteiger partial charge in [0.2, 0.25) is 0 Å². The number of aromatic nitrogens is 2. The van der Waals surface area contributed by atoms with Gasteiger partial charge in [0, 0.05) is 49.9 Å². The van der Waals surface area contributed by atoms with Crippen molar-refractivity contribution in [3.05, 3.63) is 17.6 Å². The lowest BCUT2D eigenvalue weighted by atomic mass is 9.86. The molecule has 1 saturated carbocycles. The molecule has 2 aliphatic rings. The molecule has 2 amide bonds. The Bertz CT molecular complexity index is 625. The predicted octanol–water partition coefficient (Wildman–Crippen LogP) is 3.32. The van der Waals surface area contributed by atoms with Gasteiger partial charge in [-0.15, -0.1) is 0 Å². The van der Waals surface area contributed by atoms with E-state index in [0.29, 0.717) is 17.9 Å². The van der Waals surface area contributed by atoms with E-state index in [0.717, 1.165) is 49.9 Å². The van der Waals surface area contributed by atoms with E-state index in [1.807, 2.05) is 17.9 Å². The fourth-order valence-electron chi connectivity index (χ4n) is 3.91. The fourth-order valence-corrected chi connectivity index (χ4v) is 3.91. The lowest BCUT2D eigenvalue weighted by Crippen LogP contribution is -2.54. The molecule has 0 aromatic carbocycles. The molecule has 0 spiro atoms. The van der Waals surface area contributed by atoms with Gasteiger partial charge in [-0.25, -0.2) is 14.8 Å². The SMILES string of the molecule is Cc1cc(N2CCN(C(=O)NC3CCCCC3C)CC2)nc(C(C)C)n1. The standard InChI is InChI=1S/C20H33N5O/c1-14(2)19-21-16(4)13-18(23-19)24-9-11-25(12-10-24)20(26)22-17-8-6-5-7-15(17)3/h13-15,17H,5-12H2,1-4H3,(H,22,26). The number of rotatable bonds is 3. The van der Waals surface area contributed by atoms with Gasteiger partial charge in [0.05, 0.1) is 0 Å². The van der Waals surface area contributed by atoms with Crippen molar-refractivity contribution >= 4 is 11.8 Å². The van der Waals surface area contributed by atoms with Crippen LogP contribution in [0.3, 0.4) is 0 Å². The number of urea groups is 1. The first-order chi connectivity index (χ1) is 12.4. The maximum atomic E-state index is 12.6. The minimum absolute atomic E-state index is 0.102. The molecular weight excluding hydrogens is 326 g/mol. The number of hydrogen-bond acceptors (Lipinski definition) is 4. The zero-order valence-corrected chi connectivity index (χ0v) is 16.7. The Morgan fingerprint density at radius 2 is 1.85 bits per heavy atom. The molecule has 6 nitrogen and oxygen atoms in total. The fraction of sp³-hybridized carbons (Fsp3) is 0.750.